The molecule has 0 aliphatic heterocycles. The van der Waals surface area contributed by atoms with E-state index in [4.69, 9.17) is 0 Å². The summed E-state index contributed by atoms with van der Waals surface area (Å²) in [5, 5.41) is 18.9. The van der Waals surface area contributed by atoms with Crippen molar-refractivity contribution in [3.8, 4) is 0 Å². The van der Waals surface area contributed by atoms with E-state index in [-0.39, 0.29) is 12.0 Å². The average molecular weight is 172 g/mol. The van der Waals surface area contributed by atoms with E-state index in [9.17, 15) is 5.11 Å². The topological polar surface area (TPSA) is 46.0 Å². The summed E-state index contributed by atoms with van der Waals surface area (Å²) in [6, 6.07) is 0. The molecule has 0 saturated heterocycles. The lowest BCUT2D eigenvalue weighted by molar-refractivity contribution is 0.168. The highest BCUT2D eigenvalue weighted by molar-refractivity contribution is 7.11. The van der Waals surface area contributed by atoms with Gasteiger partial charge < -0.3 is 5.11 Å². The molecule has 11 heavy (non-hydrogen) atoms. The molecule has 2 atom stereocenters. The highest BCUT2D eigenvalue weighted by Crippen LogP contribution is 2.21. The second-order valence-corrected chi connectivity index (χ2v) is 3.90. The van der Waals surface area contributed by atoms with Gasteiger partial charge in [0.05, 0.1) is 6.10 Å². The van der Waals surface area contributed by atoms with Gasteiger partial charge >= 0.3 is 0 Å². The van der Waals surface area contributed by atoms with E-state index in [1.807, 2.05) is 13.8 Å². The molecule has 0 bridgehead atoms. The summed E-state index contributed by atoms with van der Waals surface area (Å²) in [6.45, 7) is 5.63. The molecule has 0 aliphatic carbocycles. The first-order valence-corrected chi connectivity index (χ1v) is 4.41. The molecule has 0 radical (unpaired) electrons. The zero-order valence-corrected chi connectivity index (χ0v) is 7.72. The maximum atomic E-state index is 9.22. The Morgan fingerprint density at radius 3 is 2.36 bits per heavy atom. The summed E-state index contributed by atoms with van der Waals surface area (Å²) >= 11 is 1.54. The predicted molar refractivity (Wildman–Crippen MR) is 44.7 cm³/mol. The number of hydrogen-bond donors (Lipinski definition) is 1. The van der Waals surface area contributed by atoms with E-state index in [1.165, 1.54) is 0 Å². The van der Waals surface area contributed by atoms with Crippen LogP contribution in [0.3, 0.4) is 0 Å². The Kier molecular flexibility index (Phi) is 2.57. The van der Waals surface area contributed by atoms with Crippen LogP contribution in [-0.4, -0.2) is 21.4 Å². The molecule has 0 aliphatic rings. The molecule has 1 aromatic rings. The SMILES string of the molecule is Cc1nnc(C(C)C(C)O)s1. The van der Waals surface area contributed by atoms with Gasteiger partial charge in [-0.05, 0) is 13.8 Å². The van der Waals surface area contributed by atoms with Crippen molar-refractivity contribution < 1.29 is 5.11 Å². The van der Waals surface area contributed by atoms with E-state index >= 15 is 0 Å². The lowest BCUT2D eigenvalue weighted by Gasteiger charge is -2.09. The number of aliphatic hydroxyl groups is 1. The molecular weight excluding hydrogens is 160 g/mol. The van der Waals surface area contributed by atoms with Crippen LogP contribution in [-0.2, 0) is 0 Å². The molecule has 0 fully saturated rings. The van der Waals surface area contributed by atoms with Gasteiger partial charge in [-0.3, -0.25) is 0 Å². The molecule has 62 valence electrons. The largest absolute Gasteiger partial charge is 0.393 e. The number of aromatic nitrogens is 2. The van der Waals surface area contributed by atoms with Crippen LogP contribution in [0.4, 0.5) is 0 Å². The summed E-state index contributed by atoms with van der Waals surface area (Å²) in [7, 11) is 0. The maximum Gasteiger partial charge on any atom is 0.122 e. The van der Waals surface area contributed by atoms with Gasteiger partial charge in [-0.25, -0.2) is 0 Å². The quantitative estimate of drug-likeness (QED) is 0.732. The first-order valence-electron chi connectivity index (χ1n) is 3.59. The average Bonchev–Trinajstić information content (AvgIpc) is 2.34. The summed E-state index contributed by atoms with van der Waals surface area (Å²) in [6.07, 6.45) is -0.345. The van der Waals surface area contributed by atoms with Crippen LogP contribution in [0.2, 0.25) is 0 Å². The summed E-state index contributed by atoms with van der Waals surface area (Å²) in [5.74, 6) is 0.0983. The van der Waals surface area contributed by atoms with Gasteiger partial charge in [-0.1, -0.05) is 6.92 Å². The van der Waals surface area contributed by atoms with Crippen molar-refractivity contribution in [1.29, 1.82) is 0 Å². The molecule has 0 aromatic carbocycles. The lowest BCUT2D eigenvalue weighted by Crippen LogP contribution is -2.10. The third kappa shape index (κ3) is 1.97. The van der Waals surface area contributed by atoms with Crippen LogP contribution >= 0.6 is 11.3 Å². The first-order chi connectivity index (χ1) is 5.11. The highest BCUT2D eigenvalue weighted by Gasteiger charge is 2.15. The van der Waals surface area contributed by atoms with Crippen LogP contribution < -0.4 is 0 Å². The molecule has 0 amide bonds. The third-order valence-electron chi connectivity index (χ3n) is 1.65. The van der Waals surface area contributed by atoms with Crippen molar-refractivity contribution in [2.24, 2.45) is 0 Å². The van der Waals surface area contributed by atoms with Crippen LogP contribution in [0.15, 0.2) is 0 Å². The minimum atomic E-state index is -0.345. The second-order valence-electron chi connectivity index (χ2n) is 2.69. The zero-order valence-electron chi connectivity index (χ0n) is 6.90. The van der Waals surface area contributed by atoms with Crippen LogP contribution in [0, 0.1) is 6.92 Å². The number of rotatable bonds is 2. The van der Waals surface area contributed by atoms with Crippen LogP contribution in [0.1, 0.15) is 29.8 Å². The maximum absolute atomic E-state index is 9.22. The van der Waals surface area contributed by atoms with Gasteiger partial charge in [0, 0.05) is 5.92 Å². The van der Waals surface area contributed by atoms with Gasteiger partial charge in [0.15, 0.2) is 0 Å². The summed E-state index contributed by atoms with van der Waals surface area (Å²) in [4.78, 5) is 0. The van der Waals surface area contributed by atoms with E-state index < -0.39 is 0 Å². The molecule has 1 heterocycles. The molecule has 4 heteroatoms. The van der Waals surface area contributed by atoms with Crippen molar-refractivity contribution in [3.63, 3.8) is 0 Å². The molecule has 1 aromatic heterocycles. The Bertz CT molecular complexity index is 234. The number of nitrogens with zero attached hydrogens (tertiary/aromatic N) is 2. The van der Waals surface area contributed by atoms with Crippen molar-refractivity contribution in [2.45, 2.75) is 32.8 Å². The molecule has 3 nitrogen and oxygen atoms in total. The lowest BCUT2D eigenvalue weighted by atomic mass is 10.1. The standard InChI is InChI=1S/C7H12N2OS/c1-4(5(2)10)7-9-8-6(3)11-7/h4-5,10H,1-3H3. The molecule has 0 spiro atoms. The molecule has 0 saturated carbocycles. The van der Waals surface area contributed by atoms with E-state index in [0.29, 0.717) is 0 Å². The normalized spacial score (nSPS) is 16.4. The Labute approximate surface area is 70.1 Å². The Morgan fingerprint density at radius 1 is 1.36 bits per heavy atom. The first kappa shape index (κ1) is 8.62. The van der Waals surface area contributed by atoms with Crippen LogP contribution in [0.25, 0.3) is 0 Å². The van der Waals surface area contributed by atoms with Crippen molar-refractivity contribution in [3.05, 3.63) is 10.0 Å². The summed E-state index contributed by atoms with van der Waals surface area (Å²) in [5.41, 5.74) is 0. The van der Waals surface area contributed by atoms with E-state index in [1.54, 1.807) is 18.3 Å². The molecule has 1 N–H and O–H groups in total. The Hall–Kier alpha value is -0.480. The van der Waals surface area contributed by atoms with Gasteiger partial charge in [-0.2, -0.15) is 0 Å². The zero-order chi connectivity index (χ0) is 8.43. The minimum Gasteiger partial charge on any atom is -0.393 e. The van der Waals surface area contributed by atoms with Crippen molar-refractivity contribution in [2.75, 3.05) is 0 Å². The predicted octanol–water partition coefficient (Wildman–Crippen LogP) is 1.33. The van der Waals surface area contributed by atoms with Gasteiger partial charge in [-0.15, -0.1) is 21.5 Å². The Morgan fingerprint density at radius 2 is 2.00 bits per heavy atom. The number of hydrogen-bond acceptors (Lipinski definition) is 4. The van der Waals surface area contributed by atoms with E-state index in [2.05, 4.69) is 10.2 Å². The van der Waals surface area contributed by atoms with Gasteiger partial charge in [0.2, 0.25) is 0 Å². The van der Waals surface area contributed by atoms with Gasteiger partial charge in [0.1, 0.15) is 10.0 Å². The minimum absolute atomic E-state index is 0.0983. The molecular formula is C7H12N2OS. The van der Waals surface area contributed by atoms with E-state index in [0.717, 1.165) is 10.0 Å². The fourth-order valence-electron chi connectivity index (χ4n) is 0.702. The van der Waals surface area contributed by atoms with Crippen molar-refractivity contribution in [1.82, 2.24) is 10.2 Å². The number of aryl methyl sites for hydroxylation is 1. The smallest absolute Gasteiger partial charge is 0.122 e. The van der Waals surface area contributed by atoms with Crippen LogP contribution in [0.5, 0.6) is 0 Å². The number of aliphatic hydroxyl groups excluding tert-OH is 1. The molecule has 2 unspecified atom stereocenters. The fourth-order valence-corrected chi connectivity index (χ4v) is 1.55. The Balaban J connectivity index is 2.76. The van der Waals surface area contributed by atoms with Crippen molar-refractivity contribution >= 4 is 11.3 Å². The molecule has 1 rings (SSSR count). The van der Waals surface area contributed by atoms with Gasteiger partial charge in [0.25, 0.3) is 0 Å². The third-order valence-corrected chi connectivity index (χ3v) is 2.69. The fraction of sp³-hybridized carbons (Fsp3) is 0.714. The second kappa shape index (κ2) is 3.28. The highest BCUT2D eigenvalue weighted by atomic mass is 32.1. The summed E-state index contributed by atoms with van der Waals surface area (Å²) < 4.78 is 0. The monoisotopic (exact) mass is 172 g/mol.